The van der Waals surface area contributed by atoms with E-state index in [-0.39, 0.29) is 5.56 Å². The lowest BCUT2D eigenvalue weighted by Gasteiger charge is -2.20. The average molecular weight is 284 g/mol. The van der Waals surface area contributed by atoms with Gasteiger partial charge in [0, 0.05) is 20.2 Å². The Labute approximate surface area is 114 Å². The summed E-state index contributed by atoms with van der Waals surface area (Å²) in [6.07, 6.45) is -0.984. The Morgan fingerprint density at radius 1 is 1.32 bits per heavy atom. The van der Waals surface area contributed by atoms with Gasteiger partial charge in [-0.2, -0.15) is 0 Å². The Kier molecular flexibility index (Phi) is 5.69. The smallest absolute Gasteiger partial charge is 0.339 e. The highest BCUT2D eigenvalue weighted by atomic mass is 28.3. The van der Waals surface area contributed by atoms with Crippen LogP contribution in [0.3, 0.4) is 0 Å². The van der Waals surface area contributed by atoms with E-state index in [1.807, 2.05) is 0 Å². The van der Waals surface area contributed by atoms with Gasteiger partial charge < -0.3 is 9.47 Å². The van der Waals surface area contributed by atoms with Crippen molar-refractivity contribution in [3.05, 3.63) is 35.6 Å². The Bertz CT molecular complexity index is 429. The quantitative estimate of drug-likeness (QED) is 0.593. The number of halogens is 1. The SMILES string of the molecule is COC(=O)[C@@H](OCC[Si](C)(C)C)c1ccccc1F. The predicted molar refractivity (Wildman–Crippen MR) is 75.3 cm³/mol. The van der Waals surface area contributed by atoms with Gasteiger partial charge in [-0.05, 0) is 12.1 Å². The van der Waals surface area contributed by atoms with Crippen LogP contribution in [0.4, 0.5) is 4.39 Å². The highest BCUT2D eigenvalue weighted by molar-refractivity contribution is 6.76. The largest absolute Gasteiger partial charge is 0.467 e. The number of rotatable bonds is 6. The molecule has 0 N–H and O–H groups in total. The van der Waals surface area contributed by atoms with Crippen LogP contribution in [-0.4, -0.2) is 27.8 Å². The second kappa shape index (κ2) is 6.82. The fourth-order valence-corrected chi connectivity index (χ4v) is 2.29. The first-order valence-corrected chi connectivity index (χ1v) is 10.00. The van der Waals surface area contributed by atoms with Crippen molar-refractivity contribution in [2.24, 2.45) is 0 Å². The third kappa shape index (κ3) is 5.12. The zero-order chi connectivity index (χ0) is 14.5. The first-order valence-electron chi connectivity index (χ1n) is 6.29. The minimum atomic E-state index is -1.25. The topological polar surface area (TPSA) is 35.5 Å². The Hall–Kier alpha value is -1.20. The molecule has 0 aliphatic rings. The van der Waals surface area contributed by atoms with E-state index in [0.717, 1.165) is 6.04 Å². The molecule has 0 heterocycles. The molecule has 0 bridgehead atoms. The molecule has 1 aromatic carbocycles. The first-order chi connectivity index (χ1) is 8.85. The molecular weight excluding hydrogens is 263 g/mol. The van der Waals surface area contributed by atoms with Crippen LogP contribution >= 0.6 is 0 Å². The molecular formula is C14H21FO3Si. The third-order valence-corrected chi connectivity index (χ3v) is 4.44. The number of benzene rings is 1. The van der Waals surface area contributed by atoms with Crippen LogP contribution in [0.1, 0.15) is 11.7 Å². The number of ether oxygens (including phenoxy) is 2. The van der Waals surface area contributed by atoms with Crippen LogP contribution < -0.4 is 0 Å². The molecule has 0 aromatic heterocycles. The molecule has 0 saturated carbocycles. The van der Waals surface area contributed by atoms with Crippen LogP contribution in [0.25, 0.3) is 0 Å². The predicted octanol–water partition coefficient (Wildman–Crippen LogP) is 3.39. The minimum Gasteiger partial charge on any atom is -0.467 e. The lowest BCUT2D eigenvalue weighted by molar-refractivity contribution is -0.154. The van der Waals surface area contributed by atoms with Gasteiger partial charge in [0.25, 0.3) is 0 Å². The van der Waals surface area contributed by atoms with Crippen molar-refractivity contribution >= 4 is 14.0 Å². The summed E-state index contributed by atoms with van der Waals surface area (Å²) in [5, 5.41) is 0. The summed E-state index contributed by atoms with van der Waals surface area (Å²) in [4.78, 5) is 11.7. The maximum absolute atomic E-state index is 13.7. The molecule has 5 heteroatoms. The van der Waals surface area contributed by atoms with Crippen molar-refractivity contribution in [2.45, 2.75) is 31.8 Å². The maximum Gasteiger partial charge on any atom is 0.339 e. The molecule has 3 nitrogen and oxygen atoms in total. The summed E-state index contributed by atoms with van der Waals surface area (Å²) < 4.78 is 24.0. The van der Waals surface area contributed by atoms with Gasteiger partial charge in [0.2, 0.25) is 0 Å². The second-order valence-electron chi connectivity index (χ2n) is 5.61. The second-order valence-corrected chi connectivity index (χ2v) is 11.2. The summed E-state index contributed by atoms with van der Waals surface area (Å²) in [7, 11) is 0.0214. The molecule has 106 valence electrons. The van der Waals surface area contributed by atoms with Crippen LogP contribution in [0.2, 0.25) is 25.7 Å². The summed E-state index contributed by atoms with van der Waals surface area (Å²) >= 11 is 0. The van der Waals surface area contributed by atoms with E-state index in [2.05, 4.69) is 24.4 Å². The Morgan fingerprint density at radius 3 is 2.47 bits per heavy atom. The molecule has 1 rings (SSSR count). The first kappa shape index (κ1) is 15.9. The van der Waals surface area contributed by atoms with E-state index >= 15 is 0 Å². The van der Waals surface area contributed by atoms with Crippen LogP contribution in [0, 0.1) is 5.82 Å². The highest BCUT2D eigenvalue weighted by Gasteiger charge is 2.26. The monoisotopic (exact) mass is 284 g/mol. The van der Waals surface area contributed by atoms with E-state index in [1.54, 1.807) is 18.2 Å². The van der Waals surface area contributed by atoms with Crippen LogP contribution in [0.15, 0.2) is 24.3 Å². The lowest BCUT2D eigenvalue weighted by atomic mass is 10.1. The van der Waals surface area contributed by atoms with Crippen molar-refractivity contribution in [1.82, 2.24) is 0 Å². The average Bonchev–Trinajstić information content (AvgIpc) is 2.34. The van der Waals surface area contributed by atoms with Crippen molar-refractivity contribution in [1.29, 1.82) is 0 Å². The molecule has 1 atom stereocenters. The number of hydrogen-bond acceptors (Lipinski definition) is 3. The summed E-state index contributed by atoms with van der Waals surface area (Å²) in [5.74, 6) is -1.02. The van der Waals surface area contributed by atoms with E-state index in [1.165, 1.54) is 13.2 Å². The summed E-state index contributed by atoms with van der Waals surface area (Å²) in [5.41, 5.74) is 0.227. The molecule has 0 radical (unpaired) electrons. The van der Waals surface area contributed by atoms with E-state index in [9.17, 15) is 9.18 Å². The minimum absolute atomic E-state index is 0.227. The normalized spacial score (nSPS) is 13.1. The van der Waals surface area contributed by atoms with E-state index in [0.29, 0.717) is 6.61 Å². The van der Waals surface area contributed by atoms with Crippen LogP contribution in [-0.2, 0) is 14.3 Å². The molecule has 0 amide bonds. The standard InChI is InChI=1S/C14H21FO3Si/c1-17-14(16)13(18-9-10-19(2,3)4)11-7-5-6-8-12(11)15/h5-8,13H,9-10H2,1-4H3/t13-/m0/s1. The van der Waals surface area contributed by atoms with Crippen LogP contribution in [0.5, 0.6) is 0 Å². The Balaban J connectivity index is 2.79. The zero-order valence-corrected chi connectivity index (χ0v) is 12.9. The van der Waals surface area contributed by atoms with Crippen molar-refractivity contribution in [2.75, 3.05) is 13.7 Å². The molecule has 0 fully saturated rings. The Morgan fingerprint density at radius 2 is 1.95 bits per heavy atom. The van der Waals surface area contributed by atoms with E-state index in [4.69, 9.17) is 4.74 Å². The van der Waals surface area contributed by atoms with Gasteiger partial charge in [-0.1, -0.05) is 37.8 Å². The lowest BCUT2D eigenvalue weighted by Crippen LogP contribution is -2.25. The fraction of sp³-hybridized carbons (Fsp3) is 0.500. The van der Waals surface area contributed by atoms with Gasteiger partial charge in [0.05, 0.1) is 7.11 Å². The number of carbonyl (C=O) groups is 1. The van der Waals surface area contributed by atoms with Gasteiger partial charge >= 0.3 is 5.97 Å². The van der Waals surface area contributed by atoms with Crippen molar-refractivity contribution in [3.8, 4) is 0 Å². The third-order valence-electron chi connectivity index (χ3n) is 2.74. The molecule has 0 spiro atoms. The van der Waals surface area contributed by atoms with Gasteiger partial charge in [-0.15, -0.1) is 0 Å². The van der Waals surface area contributed by atoms with Crippen molar-refractivity contribution < 1.29 is 18.7 Å². The number of esters is 1. The summed E-state index contributed by atoms with van der Waals surface area (Å²) in [6.45, 7) is 7.08. The number of methoxy groups -OCH3 is 1. The molecule has 0 saturated heterocycles. The number of hydrogen-bond donors (Lipinski definition) is 0. The zero-order valence-electron chi connectivity index (χ0n) is 11.9. The highest BCUT2D eigenvalue weighted by Crippen LogP contribution is 2.23. The molecule has 1 aromatic rings. The maximum atomic E-state index is 13.7. The van der Waals surface area contributed by atoms with Gasteiger partial charge in [0.1, 0.15) is 5.82 Å². The van der Waals surface area contributed by atoms with E-state index < -0.39 is 26.0 Å². The summed E-state index contributed by atoms with van der Waals surface area (Å²) in [6, 6.07) is 7.03. The molecule has 0 aliphatic heterocycles. The molecule has 0 unspecified atom stereocenters. The van der Waals surface area contributed by atoms with Gasteiger partial charge in [0.15, 0.2) is 6.10 Å². The fourth-order valence-electron chi connectivity index (χ4n) is 1.56. The molecule has 0 aliphatic carbocycles. The molecule has 19 heavy (non-hydrogen) atoms. The number of carbonyl (C=O) groups excluding carboxylic acids is 1. The van der Waals surface area contributed by atoms with Crippen molar-refractivity contribution in [3.63, 3.8) is 0 Å². The van der Waals surface area contributed by atoms with Gasteiger partial charge in [-0.3, -0.25) is 0 Å². The van der Waals surface area contributed by atoms with Gasteiger partial charge in [-0.25, -0.2) is 9.18 Å².